The first kappa shape index (κ1) is 15.9. The highest BCUT2D eigenvalue weighted by Gasteiger charge is 2.30. The molecule has 0 saturated carbocycles. The second-order valence-corrected chi connectivity index (χ2v) is 8.01. The van der Waals surface area contributed by atoms with E-state index < -0.39 is 10.0 Å². The fourth-order valence-corrected chi connectivity index (χ4v) is 4.86. The molecule has 2 aliphatic rings. The SMILES string of the molecule is Cc1ccccc1S(=O)(=O)N1CCN(CC2CCCO2)CC1. The number of aryl methyl sites for hydroxylation is 1. The van der Waals surface area contributed by atoms with Crippen LogP contribution in [0.4, 0.5) is 0 Å². The Labute approximate surface area is 132 Å². The average molecular weight is 324 g/mol. The van der Waals surface area contributed by atoms with Gasteiger partial charge in [-0.1, -0.05) is 18.2 Å². The van der Waals surface area contributed by atoms with E-state index in [2.05, 4.69) is 4.90 Å². The van der Waals surface area contributed by atoms with E-state index in [1.165, 1.54) is 0 Å². The van der Waals surface area contributed by atoms with Crippen LogP contribution in [-0.4, -0.2) is 63.1 Å². The Hall–Kier alpha value is -0.950. The summed E-state index contributed by atoms with van der Waals surface area (Å²) < 4.78 is 32.8. The van der Waals surface area contributed by atoms with Crippen LogP contribution in [0.15, 0.2) is 29.2 Å². The zero-order valence-electron chi connectivity index (χ0n) is 13.1. The molecule has 0 N–H and O–H groups in total. The average Bonchev–Trinajstić information content (AvgIpc) is 3.01. The Balaban J connectivity index is 1.62. The molecule has 1 atom stereocenters. The number of nitrogens with zero attached hydrogens (tertiary/aromatic N) is 2. The lowest BCUT2D eigenvalue weighted by Crippen LogP contribution is -2.50. The molecule has 0 radical (unpaired) electrons. The van der Waals surface area contributed by atoms with Crippen LogP contribution < -0.4 is 0 Å². The van der Waals surface area contributed by atoms with E-state index in [9.17, 15) is 8.42 Å². The van der Waals surface area contributed by atoms with Crippen LogP contribution in [-0.2, 0) is 14.8 Å². The lowest BCUT2D eigenvalue weighted by Gasteiger charge is -2.35. The Morgan fingerprint density at radius 2 is 1.91 bits per heavy atom. The van der Waals surface area contributed by atoms with Gasteiger partial charge in [0.1, 0.15) is 0 Å². The smallest absolute Gasteiger partial charge is 0.243 e. The third-order valence-corrected chi connectivity index (χ3v) is 6.59. The first-order valence-electron chi connectivity index (χ1n) is 7.97. The third kappa shape index (κ3) is 3.35. The number of sulfonamides is 1. The van der Waals surface area contributed by atoms with E-state index in [-0.39, 0.29) is 0 Å². The minimum atomic E-state index is -3.37. The molecule has 0 amide bonds. The zero-order valence-corrected chi connectivity index (χ0v) is 13.9. The quantitative estimate of drug-likeness (QED) is 0.842. The van der Waals surface area contributed by atoms with E-state index in [0.717, 1.165) is 44.6 Å². The van der Waals surface area contributed by atoms with Crippen LogP contribution >= 0.6 is 0 Å². The third-order valence-electron chi connectivity index (χ3n) is 4.53. The van der Waals surface area contributed by atoms with Gasteiger partial charge in [0.25, 0.3) is 0 Å². The van der Waals surface area contributed by atoms with Crippen molar-refractivity contribution in [1.29, 1.82) is 0 Å². The van der Waals surface area contributed by atoms with Crippen LogP contribution in [0, 0.1) is 6.92 Å². The van der Waals surface area contributed by atoms with Gasteiger partial charge in [0.05, 0.1) is 11.0 Å². The molecule has 2 aliphatic heterocycles. The number of piperazine rings is 1. The van der Waals surface area contributed by atoms with Crippen molar-refractivity contribution in [3.63, 3.8) is 0 Å². The summed E-state index contributed by atoms with van der Waals surface area (Å²) in [7, 11) is -3.37. The molecule has 2 heterocycles. The summed E-state index contributed by atoms with van der Waals surface area (Å²) in [5.74, 6) is 0. The van der Waals surface area contributed by atoms with Crippen LogP contribution in [0.5, 0.6) is 0 Å². The summed E-state index contributed by atoms with van der Waals surface area (Å²) in [6.45, 7) is 6.33. The van der Waals surface area contributed by atoms with Crippen LogP contribution in [0.1, 0.15) is 18.4 Å². The van der Waals surface area contributed by atoms with Crippen molar-refractivity contribution in [3.05, 3.63) is 29.8 Å². The maximum absolute atomic E-state index is 12.7. The Morgan fingerprint density at radius 3 is 2.55 bits per heavy atom. The molecule has 2 saturated heterocycles. The maximum Gasteiger partial charge on any atom is 0.243 e. The minimum Gasteiger partial charge on any atom is -0.377 e. The van der Waals surface area contributed by atoms with Gasteiger partial charge in [0.2, 0.25) is 10.0 Å². The van der Waals surface area contributed by atoms with Gasteiger partial charge >= 0.3 is 0 Å². The van der Waals surface area contributed by atoms with Gasteiger partial charge < -0.3 is 4.74 Å². The Kier molecular flexibility index (Phi) is 4.82. The summed E-state index contributed by atoms with van der Waals surface area (Å²) in [6.07, 6.45) is 2.60. The molecular formula is C16H24N2O3S. The van der Waals surface area contributed by atoms with Gasteiger partial charge in [0.15, 0.2) is 0 Å². The number of hydrogen-bond donors (Lipinski definition) is 0. The van der Waals surface area contributed by atoms with E-state index in [1.54, 1.807) is 16.4 Å². The largest absolute Gasteiger partial charge is 0.377 e. The molecule has 2 fully saturated rings. The maximum atomic E-state index is 12.7. The number of benzene rings is 1. The van der Waals surface area contributed by atoms with E-state index in [4.69, 9.17) is 4.74 Å². The molecule has 0 spiro atoms. The van der Waals surface area contributed by atoms with Gasteiger partial charge in [-0.3, -0.25) is 4.90 Å². The summed E-state index contributed by atoms with van der Waals surface area (Å²) in [6, 6.07) is 7.20. The van der Waals surface area contributed by atoms with Crippen molar-refractivity contribution in [1.82, 2.24) is 9.21 Å². The van der Waals surface area contributed by atoms with Crippen molar-refractivity contribution in [2.75, 3.05) is 39.3 Å². The molecule has 1 aromatic rings. The van der Waals surface area contributed by atoms with Crippen molar-refractivity contribution in [2.24, 2.45) is 0 Å². The lowest BCUT2D eigenvalue weighted by molar-refractivity contribution is 0.0617. The fourth-order valence-electron chi connectivity index (χ4n) is 3.21. The molecule has 0 bridgehead atoms. The molecule has 1 aromatic carbocycles. The second-order valence-electron chi connectivity index (χ2n) is 6.11. The summed E-state index contributed by atoms with van der Waals surface area (Å²) in [5.41, 5.74) is 0.810. The summed E-state index contributed by atoms with van der Waals surface area (Å²) in [4.78, 5) is 2.75. The predicted octanol–water partition coefficient (Wildman–Crippen LogP) is 1.48. The van der Waals surface area contributed by atoms with Crippen molar-refractivity contribution >= 4 is 10.0 Å². The highest BCUT2D eigenvalue weighted by Crippen LogP contribution is 2.21. The van der Waals surface area contributed by atoms with Crippen molar-refractivity contribution < 1.29 is 13.2 Å². The predicted molar refractivity (Wildman–Crippen MR) is 85.4 cm³/mol. The van der Waals surface area contributed by atoms with E-state index in [1.807, 2.05) is 19.1 Å². The lowest BCUT2D eigenvalue weighted by atomic mass is 10.2. The highest BCUT2D eigenvalue weighted by molar-refractivity contribution is 7.89. The number of ether oxygens (including phenoxy) is 1. The molecule has 3 rings (SSSR count). The Bertz CT molecular complexity index is 604. The number of hydrogen-bond acceptors (Lipinski definition) is 4. The van der Waals surface area contributed by atoms with Crippen LogP contribution in [0.2, 0.25) is 0 Å². The van der Waals surface area contributed by atoms with E-state index >= 15 is 0 Å². The molecule has 22 heavy (non-hydrogen) atoms. The van der Waals surface area contributed by atoms with Gasteiger partial charge in [-0.15, -0.1) is 0 Å². The number of rotatable bonds is 4. The van der Waals surface area contributed by atoms with Gasteiger partial charge in [-0.05, 0) is 31.4 Å². The zero-order chi connectivity index (χ0) is 15.6. The Morgan fingerprint density at radius 1 is 1.18 bits per heavy atom. The van der Waals surface area contributed by atoms with Gasteiger partial charge in [0, 0.05) is 39.3 Å². The van der Waals surface area contributed by atoms with Crippen LogP contribution in [0.25, 0.3) is 0 Å². The second kappa shape index (κ2) is 6.66. The molecule has 5 nitrogen and oxygen atoms in total. The fraction of sp³-hybridized carbons (Fsp3) is 0.625. The monoisotopic (exact) mass is 324 g/mol. The molecule has 0 aliphatic carbocycles. The normalized spacial score (nSPS) is 24.7. The topological polar surface area (TPSA) is 49.9 Å². The molecular weight excluding hydrogens is 300 g/mol. The van der Waals surface area contributed by atoms with Gasteiger partial charge in [-0.2, -0.15) is 4.31 Å². The minimum absolute atomic E-state index is 0.333. The highest BCUT2D eigenvalue weighted by atomic mass is 32.2. The first-order chi connectivity index (χ1) is 10.6. The standard InChI is InChI=1S/C16H24N2O3S/c1-14-5-2-3-7-16(14)22(19,20)18-10-8-17(9-11-18)13-15-6-4-12-21-15/h2-3,5,7,15H,4,6,8-13H2,1H3. The molecule has 122 valence electrons. The summed E-state index contributed by atoms with van der Waals surface area (Å²) >= 11 is 0. The molecule has 6 heteroatoms. The van der Waals surface area contributed by atoms with E-state index in [0.29, 0.717) is 24.1 Å². The van der Waals surface area contributed by atoms with Gasteiger partial charge in [-0.25, -0.2) is 8.42 Å². The summed E-state index contributed by atoms with van der Waals surface area (Å²) in [5, 5.41) is 0. The van der Waals surface area contributed by atoms with Crippen LogP contribution in [0.3, 0.4) is 0 Å². The van der Waals surface area contributed by atoms with Crippen molar-refractivity contribution in [2.45, 2.75) is 30.8 Å². The molecule has 1 unspecified atom stereocenters. The van der Waals surface area contributed by atoms with Crippen molar-refractivity contribution in [3.8, 4) is 0 Å². The molecule has 0 aromatic heterocycles. The first-order valence-corrected chi connectivity index (χ1v) is 9.41.